The Morgan fingerprint density at radius 3 is 2.76 bits per heavy atom. The number of nitrogens with one attached hydrogen (secondary N) is 1. The summed E-state index contributed by atoms with van der Waals surface area (Å²) in [5.74, 6) is 5.66. The second kappa shape index (κ2) is 5.45. The minimum Gasteiger partial charge on any atom is -0.271 e. The molecule has 2 aromatic rings. The summed E-state index contributed by atoms with van der Waals surface area (Å²) in [7, 11) is 0. The smallest absolute Gasteiger partial charge is 0.0593 e. The number of thiophene rings is 1. The average molecular weight is 246 g/mol. The van der Waals surface area contributed by atoms with Gasteiger partial charge in [0.1, 0.15) is 0 Å². The topological polar surface area (TPSA) is 38.0 Å². The molecule has 0 radical (unpaired) electrons. The van der Waals surface area contributed by atoms with Gasteiger partial charge in [-0.15, -0.1) is 11.3 Å². The summed E-state index contributed by atoms with van der Waals surface area (Å²) in [5.41, 5.74) is 6.90. The van der Waals surface area contributed by atoms with Crippen LogP contribution in [0.1, 0.15) is 27.6 Å². The van der Waals surface area contributed by atoms with Crippen LogP contribution in [-0.4, -0.2) is 0 Å². The van der Waals surface area contributed by atoms with E-state index in [1.165, 1.54) is 21.6 Å². The molecule has 3 heteroatoms. The largest absolute Gasteiger partial charge is 0.271 e. The molecule has 2 rings (SSSR count). The van der Waals surface area contributed by atoms with E-state index in [0.717, 1.165) is 6.42 Å². The summed E-state index contributed by atoms with van der Waals surface area (Å²) >= 11 is 1.74. The Hall–Kier alpha value is -1.16. The highest BCUT2D eigenvalue weighted by Crippen LogP contribution is 2.24. The van der Waals surface area contributed by atoms with Crippen molar-refractivity contribution in [3.8, 4) is 0 Å². The van der Waals surface area contributed by atoms with Gasteiger partial charge in [0.2, 0.25) is 0 Å². The number of hydrogen-bond acceptors (Lipinski definition) is 3. The minimum atomic E-state index is 0.204. The van der Waals surface area contributed by atoms with Crippen molar-refractivity contribution in [2.45, 2.75) is 26.3 Å². The monoisotopic (exact) mass is 246 g/mol. The first kappa shape index (κ1) is 12.3. The molecule has 17 heavy (non-hydrogen) atoms. The van der Waals surface area contributed by atoms with Gasteiger partial charge in [0.15, 0.2) is 0 Å². The highest BCUT2D eigenvalue weighted by atomic mass is 32.1. The number of hydrogen-bond donors (Lipinski definition) is 2. The van der Waals surface area contributed by atoms with Gasteiger partial charge in [-0.25, -0.2) is 0 Å². The van der Waals surface area contributed by atoms with E-state index in [9.17, 15) is 0 Å². The zero-order valence-corrected chi connectivity index (χ0v) is 11.1. The van der Waals surface area contributed by atoms with Gasteiger partial charge < -0.3 is 0 Å². The normalized spacial score (nSPS) is 12.6. The summed E-state index contributed by atoms with van der Waals surface area (Å²) in [6.45, 7) is 4.27. The molecule has 1 aromatic carbocycles. The Bertz CT molecular complexity index is 477. The molecular formula is C14H18N2S. The number of benzene rings is 1. The lowest BCUT2D eigenvalue weighted by Crippen LogP contribution is -2.29. The molecule has 0 spiro atoms. The first-order chi connectivity index (χ1) is 8.20. The van der Waals surface area contributed by atoms with Gasteiger partial charge >= 0.3 is 0 Å². The van der Waals surface area contributed by atoms with Gasteiger partial charge in [-0.2, -0.15) is 0 Å². The fourth-order valence-corrected chi connectivity index (χ4v) is 2.76. The molecule has 0 fully saturated rings. The number of nitrogens with two attached hydrogens (primary N) is 1. The second-order valence-electron chi connectivity index (χ2n) is 4.37. The third-order valence-corrected chi connectivity index (χ3v) is 4.00. The zero-order chi connectivity index (χ0) is 12.3. The van der Waals surface area contributed by atoms with Crippen molar-refractivity contribution in [1.29, 1.82) is 0 Å². The molecule has 1 atom stereocenters. The van der Waals surface area contributed by atoms with E-state index in [4.69, 9.17) is 5.84 Å². The maximum Gasteiger partial charge on any atom is 0.0593 e. The van der Waals surface area contributed by atoms with Gasteiger partial charge in [-0.1, -0.05) is 29.8 Å². The van der Waals surface area contributed by atoms with Crippen LogP contribution in [0.5, 0.6) is 0 Å². The molecular weight excluding hydrogens is 228 g/mol. The zero-order valence-electron chi connectivity index (χ0n) is 10.2. The molecule has 0 amide bonds. The number of rotatable bonds is 4. The first-order valence-electron chi connectivity index (χ1n) is 5.76. The van der Waals surface area contributed by atoms with Crippen LogP contribution in [0.2, 0.25) is 0 Å². The van der Waals surface area contributed by atoms with E-state index in [-0.39, 0.29) is 6.04 Å². The molecule has 0 aliphatic carbocycles. The Morgan fingerprint density at radius 2 is 2.12 bits per heavy atom. The van der Waals surface area contributed by atoms with Crippen LogP contribution in [0, 0.1) is 13.8 Å². The molecule has 0 aliphatic heterocycles. The minimum absolute atomic E-state index is 0.204. The van der Waals surface area contributed by atoms with Crippen molar-refractivity contribution in [3.63, 3.8) is 0 Å². The summed E-state index contributed by atoms with van der Waals surface area (Å²) in [6, 6.07) is 11.0. The quantitative estimate of drug-likeness (QED) is 0.642. The Kier molecular flexibility index (Phi) is 3.94. The van der Waals surface area contributed by atoms with Crippen molar-refractivity contribution in [2.75, 3.05) is 0 Å². The van der Waals surface area contributed by atoms with Gasteiger partial charge in [0.25, 0.3) is 0 Å². The highest BCUT2D eigenvalue weighted by molar-refractivity contribution is 7.10. The van der Waals surface area contributed by atoms with Crippen LogP contribution in [0.3, 0.4) is 0 Å². The van der Waals surface area contributed by atoms with E-state index >= 15 is 0 Å². The van der Waals surface area contributed by atoms with Gasteiger partial charge in [0, 0.05) is 4.88 Å². The van der Waals surface area contributed by atoms with Crippen molar-refractivity contribution in [3.05, 3.63) is 57.3 Å². The van der Waals surface area contributed by atoms with Crippen LogP contribution >= 0.6 is 11.3 Å². The van der Waals surface area contributed by atoms with E-state index in [1.807, 2.05) is 0 Å². The first-order valence-corrected chi connectivity index (χ1v) is 6.64. The Morgan fingerprint density at radius 1 is 1.29 bits per heavy atom. The van der Waals surface area contributed by atoms with E-state index in [2.05, 4.69) is 55.0 Å². The van der Waals surface area contributed by atoms with Crippen LogP contribution in [-0.2, 0) is 6.42 Å². The molecule has 0 bridgehead atoms. The van der Waals surface area contributed by atoms with Crippen LogP contribution in [0.25, 0.3) is 0 Å². The van der Waals surface area contributed by atoms with Crippen LogP contribution in [0.4, 0.5) is 0 Å². The van der Waals surface area contributed by atoms with Crippen LogP contribution < -0.4 is 11.3 Å². The van der Waals surface area contributed by atoms with Gasteiger partial charge in [0.05, 0.1) is 6.04 Å². The molecule has 0 saturated heterocycles. The molecule has 1 heterocycles. The summed E-state index contributed by atoms with van der Waals surface area (Å²) in [4.78, 5) is 1.29. The fourth-order valence-electron chi connectivity index (χ4n) is 1.97. The van der Waals surface area contributed by atoms with Gasteiger partial charge in [-0.05, 0) is 42.8 Å². The predicted octanol–water partition coefficient (Wildman–Crippen LogP) is 3.11. The average Bonchev–Trinajstić information content (AvgIpc) is 2.84. The predicted molar refractivity (Wildman–Crippen MR) is 74.0 cm³/mol. The van der Waals surface area contributed by atoms with Crippen molar-refractivity contribution < 1.29 is 0 Å². The molecule has 3 N–H and O–H groups in total. The second-order valence-corrected chi connectivity index (χ2v) is 5.35. The molecule has 0 aliphatic rings. The highest BCUT2D eigenvalue weighted by Gasteiger charge is 2.12. The van der Waals surface area contributed by atoms with Crippen molar-refractivity contribution in [1.82, 2.24) is 5.43 Å². The number of aryl methyl sites for hydroxylation is 2. The molecule has 2 nitrogen and oxygen atoms in total. The lowest BCUT2D eigenvalue weighted by molar-refractivity contribution is 0.559. The van der Waals surface area contributed by atoms with E-state index in [0.29, 0.717) is 0 Å². The molecule has 0 saturated carbocycles. The third kappa shape index (κ3) is 2.94. The summed E-state index contributed by atoms with van der Waals surface area (Å²) < 4.78 is 0. The maximum atomic E-state index is 5.66. The molecule has 90 valence electrons. The lowest BCUT2D eigenvalue weighted by Gasteiger charge is -2.16. The summed E-state index contributed by atoms with van der Waals surface area (Å²) in [5, 5.41) is 2.09. The SMILES string of the molecule is Cc1ccc(C)c(CC(NN)c2cccs2)c1. The third-order valence-electron chi connectivity index (χ3n) is 3.02. The lowest BCUT2D eigenvalue weighted by atomic mass is 9.98. The maximum absolute atomic E-state index is 5.66. The van der Waals surface area contributed by atoms with E-state index < -0.39 is 0 Å². The summed E-state index contributed by atoms with van der Waals surface area (Å²) in [6.07, 6.45) is 0.935. The Labute approximate surface area is 106 Å². The molecule has 1 unspecified atom stereocenters. The van der Waals surface area contributed by atoms with Crippen LogP contribution in [0.15, 0.2) is 35.7 Å². The fraction of sp³-hybridized carbons (Fsp3) is 0.286. The number of hydrazine groups is 1. The molecule has 1 aromatic heterocycles. The van der Waals surface area contributed by atoms with Gasteiger partial charge in [-0.3, -0.25) is 11.3 Å². The van der Waals surface area contributed by atoms with Crippen molar-refractivity contribution >= 4 is 11.3 Å². The Balaban J connectivity index is 2.21. The standard InChI is InChI=1S/C14H18N2S/c1-10-5-6-11(2)12(8-10)9-13(16-15)14-4-3-7-17-14/h3-8,13,16H,9,15H2,1-2H3. The van der Waals surface area contributed by atoms with Crippen molar-refractivity contribution in [2.24, 2.45) is 5.84 Å². The van der Waals surface area contributed by atoms with E-state index in [1.54, 1.807) is 11.3 Å².